The first kappa shape index (κ1) is 9.11. The van der Waals surface area contributed by atoms with Gasteiger partial charge in [-0.2, -0.15) is 0 Å². The van der Waals surface area contributed by atoms with E-state index >= 15 is 0 Å². The fourth-order valence-electron chi connectivity index (χ4n) is 0. The van der Waals surface area contributed by atoms with Crippen LogP contribution in [0.3, 0.4) is 0 Å². The van der Waals surface area contributed by atoms with Crippen molar-refractivity contribution in [2.75, 3.05) is 0 Å². The second kappa shape index (κ2) is 8.82. The van der Waals surface area contributed by atoms with Crippen molar-refractivity contribution in [1.82, 2.24) is 0 Å². The monoisotopic (exact) mass is 102 g/mol. The van der Waals surface area contributed by atoms with Crippen LogP contribution in [0.4, 0.5) is 0 Å². The zero-order chi connectivity index (χ0) is 2.71. The Kier molecular flexibility index (Phi) is 20.1. The first-order valence-corrected chi connectivity index (χ1v) is 1.10. The second-order valence-corrected chi connectivity index (χ2v) is 0.224. The summed E-state index contributed by atoms with van der Waals surface area (Å²) in [6.07, 6.45) is 0. The molecule has 18 valence electrons. The molecule has 0 heterocycles. The molecule has 0 bridgehead atoms. The van der Waals surface area contributed by atoms with Crippen molar-refractivity contribution >= 4 is 8.34 Å². The van der Waals surface area contributed by atoms with Crippen LogP contribution in [0.2, 0.25) is 0 Å². The van der Waals surface area contributed by atoms with Gasteiger partial charge < -0.3 is 9.13 Å². The quantitative estimate of drug-likeness (QED) is 0.253. The van der Waals surface area contributed by atoms with Crippen molar-refractivity contribution in [3.05, 3.63) is 0 Å². The van der Waals surface area contributed by atoms with Crippen molar-refractivity contribution in [3.63, 3.8) is 0 Å². The molecule has 0 aliphatic heterocycles. The largest absolute Gasteiger partial charge is 1.00 e. The van der Waals surface area contributed by atoms with Crippen LogP contribution in [-0.4, -0.2) is 0 Å². The summed E-state index contributed by atoms with van der Waals surface area (Å²) in [6.45, 7) is 0. The molecular formula is KO2P. The van der Waals surface area contributed by atoms with Crippen molar-refractivity contribution in [2.45, 2.75) is 0 Å². The van der Waals surface area contributed by atoms with Crippen LogP contribution >= 0.6 is 8.34 Å². The van der Waals surface area contributed by atoms with Gasteiger partial charge in [0.2, 0.25) is 0 Å². The van der Waals surface area contributed by atoms with Gasteiger partial charge >= 0.3 is 51.4 Å². The normalized spacial score (nSPS) is 3.00. The average Bonchev–Trinajstić information content (AvgIpc) is 0.918. The standard InChI is InChI=1S/K.O2P/c;1-3-2/q+1;-1. The SMILES string of the molecule is O=[P-]=O.[K+]. The van der Waals surface area contributed by atoms with E-state index in [2.05, 4.69) is 0 Å². The topological polar surface area (TPSA) is 34.1 Å². The summed E-state index contributed by atoms with van der Waals surface area (Å²) in [5.74, 6) is 0. The van der Waals surface area contributed by atoms with Crippen molar-refractivity contribution in [3.8, 4) is 0 Å². The Labute approximate surface area is 67.6 Å². The maximum Gasteiger partial charge on any atom is 1.00 e. The molecule has 0 saturated carbocycles. The molecule has 0 unspecified atom stereocenters. The number of hydrogen-bond donors (Lipinski definition) is 0. The first-order valence-electron chi connectivity index (χ1n) is 0.365. The Morgan fingerprint density at radius 2 is 1.25 bits per heavy atom. The molecule has 0 spiro atoms. The van der Waals surface area contributed by atoms with Gasteiger partial charge in [0, 0.05) is 0 Å². The van der Waals surface area contributed by atoms with E-state index in [-0.39, 0.29) is 51.4 Å². The average molecular weight is 102 g/mol. The van der Waals surface area contributed by atoms with Crippen molar-refractivity contribution in [2.24, 2.45) is 0 Å². The summed E-state index contributed by atoms with van der Waals surface area (Å²) in [5.41, 5.74) is 0. The molecule has 0 aromatic rings. The summed E-state index contributed by atoms with van der Waals surface area (Å²) in [6, 6.07) is 0. The zero-order valence-corrected chi connectivity index (χ0v) is 6.28. The van der Waals surface area contributed by atoms with E-state index in [1.54, 1.807) is 0 Å². The van der Waals surface area contributed by atoms with Gasteiger partial charge in [-0.3, -0.25) is 0 Å². The second-order valence-electron chi connectivity index (χ2n) is 0.0745. The third-order valence-corrected chi connectivity index (χ3v) is 0. The third kappa shape index (κ3) is 9.64. The minimum atomic E-state index is -1.08. The smallest absolute Gasteiger partial charge is 0.474 e. The minimum absolute atomic E-state index is 0. The van der Waals surface area contributed by atoms with E-state index in [1.807, 2.05) is 0 Å². The first-order chi connectivity index (χ1) is 1.41. The van der Waals surface area contributed by atoms with Gasteiger partial charge in [0.25, 0.3) is 0 Å². The maximum atomic E-state index is 8.35. The molecule has 0 rings (SSSR count). The molecule has 4 heavy (non-hydrogen) atoms. The summed E-state index contributed by atoms with van der Waals surface area (Å²) < 4.78 is 16.7. The van der Waals surface area contributed by atoms with E-state index in [9.17, 15) is 0 Å². The molecule has 0 aromatic carbocycles. The Hall–Kier alpha value is 1.54. The number of hydrogen-bond acceptors (Lipinski definition) is 2. The Bertz CT molecular complexity index is 27.0. The van der Waals surface area contributed by atoms with E-state index in [0.29, 0.717) is 0 Å². The molecule has 0 saturated heterocycles. The summed E-state index contributed by atoms with van der Waals surface area (Å²) in [5, 5.41) is 0. The summed E-state index contributed by atoms with van der Waals surface area (Å²) in [7, 11) is -1.08. The molecule has 0 aliphatic rings. The van der Waals surface area contributed by atoms with Crippen LogP contribution in [-0.2, 0) is 9.13 Å². The van der Waals surface area contributed by atoms with Crippen LogP contribution in [0.1, 0.15) is 0 Å². The van der Waals surface area contributed by atoms with Crippen LogP contribution in [0.25, 0.3) is 0 Å². The van der Waals surface area contributed by atoms with Gasteiger partial charge in [-0.1, -0.05) is 8.34 Å². The van der Waals surface area contributed by atoms with E-state index in [4.69, 9.17) is 9.13 Å². The van der Waals surface area contributed by atoms with Crippen molar-refractivity contribution < 1.29 is 60.5 Å². The molecule has 2 nitrogen and oxygen atoms in total. The van der Waals surface area contributed by atoms with Gasteiger partial charge in [0.05, 0.1) is 0 Å². The molecular weight excluding hydrogens is 102 g/mol. The Balaban J connectivity index is 0. The minimum Gasteiger partial charge on any atom is -0.474 e. The Morgan fingerprint density at radius 3 is 1.25 bits per heavy atom. The van der Waals surface area contributed by atoms with Crippen LogP contribution < -0.4 is 51.4 Å². The summed E-state index contributed by atoms with van der Waals surface area (Å²) >= 11 is 0. The van der Waals surface area contributed by atoms with E-state index < -0.39 is 8.34 Å². The molecule has 0 radical (unpaired) electrons. The molecule has 0 fully saturated rings. The zero-order valence-electron chi connectivity index (χ0n) is 2.26. The van der Waals surface area contributed by atoms with Gasteiger partial charge in [-0.25, -0.2) is 0 Å². The maximum absolute atomic E-state index is 8.35. The third-order valence-electron chi connectivity index (χ3n) is 0. The fraction of sp³-hybridized carbons (Fsp3) is 0. The summed E-state index contributed by atoms with van der Waals surface area (Å²) in [4.78, 5) is 0. The molecule has 0 atom stereocenters. The molecule has 4 heteroatoms. The van der Waals surface area contributed by atoms with Gasteiger partial charge in [0.1, 0.15) is 0 Å². The van der Waals surface area contributed by atoms with Crippen LogP contribution in [0, 0.1) is 0 Å². The predicted octanol–water partition coefficient (Wildman–Crippen LogP) is -2.37. The molecule has 0 amide bonds. The van der Waals surface area contributed by atoms with Crippen LogP contribution in [0.15, 0.2) is 0 Å². The molecule has 0 aromatic heterocycles. The van der Waals surface area contributed by atoms with Gasteiger partial charge in [-0.15, -0.1) is 0 Å². The van der Waals surface area contributed by atoms with Crippen molar-refractivity contribution in [1.29, 1.82) is 0 Å². The molecule has 0 N–H and O–H groups in total. The fourth-order valence-corrected chi connectivity index (χ4v) is 0. The van der Waals surface area contributed by atoms with Gasteiger partial charge in [0.15, 0.2) is 0 Å². The van der Waals surface area contributed by atoms with E-state index in [0.717, 1.165) is 0 Å². The molecule has 0 aliphatic carbocycles. The Morgan fingerprint density at radius 1 is 1.25 bits per heavy atom. The van der Waals surface area contributed by atoms with Crippen LogP contribution in [0.5, 0.6) is 0 Å². The van der Waals surface area contributed by atoms with Gasteiger partial charge in [-0.05, 0) is 0 Å². The number of rotatable bonds is 0. The predicted molar refractivity (Wildman–Crippen MR) is 8.29 cm³/mol. The van der Waals surface area contributed by atoms with E-state index in [1.165, 1.54) is 0 Å².